The molecule has 0 spiro atoms. The third-order valence-corrected chi connectivity index (χ3v) is 2.86. The molecule has 6 heteroatoms. The third-order valence-electron chi connectivity index (χ3n) is 2.56. The lowest BCUT2D eigenvalue weighted by Gasteiger charge is -2.24. The Balaban J connectivity index is 2.85. The molecule has 22 heavy (non-hydrogen) atoms. The summed E-state index contributed by atoms with van der Waals surface area (Å²) in [5, 5.41) is 2.69. The number of hydrogen-bond acceptors (Lipinski definition) is 3. The summed E-state index contributed by atoms with van der Waals surface area (Å²) in [5.41, 5.74) is -0.0844. The summed E-state index contributed by atoms with van der Waals surface area (Å²) < 4.78 is 24.2. The van der Waals surface area contributed by atoms with Crippen molar-refractivity contribution in [3.63, 3.8) is 0 Å². The maximum Gasteiger partial charge on any atom is 0.408 e. The van der Waals surface area contributed by atoms with Gasteiger partial charge in [-0.05, 0) is 38.5 Å². The number of rotatable bonds is 6. The summed E-state index contributed by atoms with van der Waals surface area (Å²) in [6, 6.07) is 3.78. The van der Waals surface area contributed by atoms with Crippen LogP contribution in [0, 0.1) is 5.82 Å². The summed E-state index contributed by atoms with van der Waals surface area (Å²) in [4.78, 5) is 11.9. The first kappa shape index (κ1) is 18.5. The number of carbonyl (C=O) groups excluding carboxylic acids is 1. The van der Waals surface area contributed by atoms with E-state index in [1.807, 2.05) is 0 Å². The van der Waals surface area contributed by atoms with E-state index >= 15 is 0 Å². The molecule has 4 nitrogen and oxygen atoms in total. The Morgan fingerprint density at radius 1 is 1.50 bits per heavy atom. The smallest absolute Gasteiger partial charge is 0.408 e. The van der Waals surface area contributed by atoms with Crippen molar-refractivity contribution in [1.29, 1.82) is 0 Å². The zero-order valence-corrected chi connectivity index (χ0v) is 13.7. The number of halogens is 2. The van der Waals surface area contributed by atoms with E-state index < -0.39 is 23.6 Å². The molecule has 0 saturated carbocycles. The minimum atomic E-state index is -0.623. The molecule has 1 rings (SSSR count). The van der Waals surface area contributed by atoms with Gasteiger partial charge in [-0.15, -0.1) is 6.58 Å². The van der Waals surface area contributed by atoms with Gasteiger partial charge in [0.25, 0.3) is 0 Å². The van der Waals surface area contributed by atoms with Gasteiger partial charge in [0.1, 0.15) is 11.4 Å². The highest BCUT2D eigenvalue weighted by Crippen LogP contribution is 2.21. The van der Waals surface area contributed by atoms with E-state index in [0.717, 1.165) is 0 Å². The fourth-order valence-electron chi connectivity index (χ4n) is 1.67. The topological polar surface area (TPSA) is 47.6 Å². The average Bonchev–Trinajstić information content (AvgIpc) is 2.39. The number of alkyl carbamates (subject to hydrolysis) is 1. The van der Waals surface area contributed by atoms with Crippen LogP contribution in [-0.2, 0) is 9.47 Å². The highest BCUT2D eigenvalue weighted by molar-refractivity contribution is 6.30. The highest BCUT2D eigenvalue weighted by Gasteiger charge is 2.21. The molecule has 1 atom stereocenters. The van der Waals surface area contributed by atoms with E-state index in [1.165, 1.54) is 12.1 Å². The zero-order chi connectivity index (χ0) is 16.8. The molecule has 0 unspecified atom stereocenters. The first-order valence-corrected chi connectivity index (χ1v) is 7.24. The Morgan fingerprint density at radius 3 is 2.73 bits per heavy atom. The molecule has 1 amide bonds. The molecule has 0 radical (unpaired) electrons. The highest BCUT2D eigenvalue weighted by atomic mass is 35.5. The molecule has 0 aliphatic carbocycles. The van der Waals surface area contributed by atoms with Crippen molar-refractivity contribution in [2.75, 3.05) is 13.2 Å². The Hall–Kier alpha value is -1.59. The van der Waals surface area contributed by atoms with E-state index in [4.69, 9.17) is 21.1 Å². The lowest BCUT2D eigenvalue weighted by atomic mass is 10.1. The number of benzene rings is 1. The van der Waals surface area contributed by atoms with Gasteiger partial charge in [-0.2, -0.15) is 0 Å². The fraction of sp³-hybridized carbons (Fsp3) is 0.438. The van der Waals surface area contributed by atoms with E-state index in [2.05, 4.69) is 11.9 Å². The molecule has 0 saturated heterocycles. The van der Waals surface area contributed by atoms with Crippen LogP contribution < -0.4 is 5.32 Å². The van der Waals surface area contributed by atoms with Gasteiger partial charge in [-0.3, -0.25) is 0 Å². The van der Waals surface area contributed by atoms with E-state index in [-0.39, 0.29) is 11.6 Å². The number of carbonyl (C=O) groups is 1. The molecule has 0 aliphatic heterocycles. The van der Waals surface area contributed by atoms with Gasteiger partial charge in [0.15, 0.2) is 0 Å². The van der Waals surface area contributed by atoms with Crippen molar-refractivity contribution in [2.45, 2.75) is 32.4 Å². The molecule has 0 bridgehead atoms. The molecule has 0 heterocycles. The van der Waals surface area contributed by atoms with Crippen LogP contribution in [0.2, 0.25) is 5.02 Å². The van der Waals surface area contributed by atoms with Gasteiger partial charge < -0.3 is 14.8 Å². The molecule has 0 aliphatic rings. The average molecular weight is 330 g/mol. The van der Waals surface area contributed by atoms with Gasteiger partial charge in [-0.1, -0.05) is 23.7 Å². The molecule has 1 aromatic carbocycles. The lowest BCUT2D eigenvalue weighted by molar-refractivity contribution is 0.0455. The largest absolute Gasteiger partial charge is 0.444 e. The quantitative estimate of drug-likeness (QED) is 0.627. The first-order chi connectivity index (χ1) is 10.2. The van der Waals surface area contributed by atoms with Gasteiger partial charge >= 0.3 is 6.09 Å². The Labute approximate surface area is 135 Å². The Bertz CT molecular complexity index is 529. The first-order valence-electron chi connectivity index (χ1n) is 6.86. The summed E-state index contributed by atoms with van der Waals surface area (Å²) in [7, 11) is 0. The molecule has 0 aromatic heterocycles. The minimum Gasteiger partial charge on any atom is -0.444 e. The maximum atomic E-state index is 13.6. The lowest BCUT2D eigenvalue weighted by Crippen LogP contribution is -2.36. The SMILES string of the molecule is C=CCOC[C@@H](NC(=O)OC(C)(C)C)c1ccc(Cl)c(F)c1. The van der Waals surface area contributed by atoms with E-state index in [9.17, 15) is 9.18 Å². The van der Waals surface area contributed by atoms with Crippen LogP contribution in [0.5, 0.6) is 0 Å². The normalized spacial score (nSPS) is 12.6. The molecular weight excluding hydrogens is 309 g/mol. The standard InChI is InChI=1S/C16H21ClFNO3/c1-5-8-21-10-14(19-15(20)22-16(2,3)4)11-6-7-12(17)13(18)9-11/h5-7,9,14H,1,8,10H2,2-4H3,(H,19,20)/t14-/m1/s1. The summed E-state index contributed by atoms with van der Waals surface area (Å²) in [6.07, 6.45) is 0.988. The van der Waals surface area contributed by atoms with Crippen LogP contribution in [0.15, 0.2) is 30.9 Å². The molecule has 1 aromatic rings. The van der Waals surface area contributed by atoms with Gasteiger partial charge in [0.2, 0.25) is 0 Å². The van der Waals surface area contributed by atoms with Crippen molar-refractivity contribution in [3.8, 4) is 0 Å². The van der Waals surface area contributed by atoms with Crippen LogP contribution >= 0.6 is 11.6 Å². The van der Waals surface area contributed by atoms with Crippen LogP contribution in [0.1, 0.15) is 32.4 Å². The van der Waals surface area contributed by atoms with Crippen molar-refractivity contribution >= 4 is 17.7 Å². The number of ether oxygens (including phenoxy) is 2. The van der Waals surface area contributed by atoms with Gasteiger partial charge in [-0.25, -0.2) is 9.18 Å². The molecule has 1 N–H and O–H groups in total. The van der Waals surface area contributed by atoms with Crippen molar-refractivity contribution in [1.82, 2.24) is 5.32 Å². The van der Waals surface area contributed by atoms with Gasteiger partial charge in [0.05, 0.1) is 24.3 Å². The second-order valence-electron chi connectivity index (χ2n) is 5.70. The van der Waals surface area contributed by atoms with Crippen LogP contribution in [0.25, 0.3) is 0 Å². The molecular formula is C16H21ClFNO3. The second kappa shape index (κ2) is 8.15. The van der Waals surface area contributed by atoms with Crippen molar-refractivity contribution in [2.24, 2.45) is 0 Å². The number of nitrogens with one attached hydrogen (secondary N) is 1. The van der Waals surface area contributed by atoms with E-state index in [1.54, 1.807) is 32.9 Å². The summed E-state index contributed by atoms with van der Waals surface area (Å²) in [6.45, 7) is 9.32. The Morgan fingerprint density at radius 2 is 2.18 bits per heavy atom. The van der Waals surface area contributed by atoms with Crippen LogP contribution in [0.4, 0.5) is 9.18 Å². The van der Waals surface area contributed by atoms with Gasteiger partial charge in [0, 0.05) is 0 Å². The minimum absolute atomic E-state index is 0.0202. The molecule has 122 valence electrons. The van der Waals surface area contributed by atoms with Crippen LogP contribution in [0.3, 0.4) is 0 Å². The van der Waals surface area contributed by atoms with Crippen molar-refractivity contribution < 1.29 is 18.7 Å². The zero-order valence-electron chi connectivity index (χ0n) is 13.0. The predicted molar refractivity (Wildman–Crippen MR) is 84.5 cm³/mol. The maximum absolute atomic E-state index is 13.6. The fourth-order valence-corrected chi connectivity index (χ4v) is 1.79. The van der Waals surface area contributed by atoms with Crippen molar-refractivity contribution in [3.05, 3.63) is 47.3 Å². The van der Waals surface area contributed by atoms with Crippen LogP contribution in [-0.4, -0.2) is 24.9 Å². The van der Waals surface area contributed by atoms with E-state index in [0.29, 0.717) is 12.2 Å². The molecule has 0 fully saturated rings. The predicted octanol–water partition coefficient (Wildman–Crippen LogP) is 4.25. The summed E-state index contributed by atoms with van der Waals surface area (Å²) in [5.74, 6) is -0.557. The summed E-state index contributed by atoms with van der Waals surface area (Å²) >= 11 is 5.67. The number of amides is 1. The Kier molecular flexibility index (Phi) is 6.84. The second-order valence-corrected chi connectivity index (χ2v) is 6.11. The third kappa shape index (κ3) is 6.45. The monoisotopic (exact) mass is 329 g/mol. The number of hydrogen-bond donors (Lipinski definition) is 1.